The number of halogens is 2. The summed E-state index contributed by atoms with van der Waals surface area (Å²) < 4.78 is 4.56. The number of carbonyl (C=O) groups excluding carboxylic acids is 1. The Hall–Kier alpha value is -0.770. The molecule has 1 unspecified atom stereocenters. The Morgan fingerprint density at radius 3 is 2.69 bits per heavy atom. The number of ether oxygens (including phenoxy) is 1. The molecule has 1 rings (SSSR count). The van der Waals surface area contributed by atoms with Crippen LogP contribution in [0.4, 0.5) is 0 Å². The van der Waals surface area contributed by atoms with Gasteiger partial charge in [0, 0.05) is 5.02 Å². The van der Waals surface area contributed by atoms with Gasteiger partial charge >= 0.3 is 5.97 Å². The second kappa shape index (κ2) is 6.74. The maximum atomic E-state index is 11.1. The van der Waals surface area contributed by atoms with E-state index in [1.54, 1.807) is 6.07 Å². The predicted octanol–water partition coefficient (Wildman–Crippen LogP) is 2.11. The van der Waals surface area contributed by atoms with E-state index in [0.29, 0.717) is 11.4 Å². The van der Waals surface area contributed by atoms with Crippen LogP contribution in [0.15, 0.2) is 18.2 Å². The van der Waals surface area contributed by atoms with Crippen LogP contribution in [0.25, 0.3) is 0 Å². The SMILES string of the molecule is COC(=O)C(N)Cc1ccc(Cl)cc1C.Cl. The molecule has 5 heteroatoms. The fraction of sp³-hybridized carbons (Fsp3) is 0.364. The molecule has 0 radical (unpaired) electrons. The van der Waals surface area contributed by atoms with Crippen LogP contribution in [0.1, 0.15) is 11.1 Å². The first-order chi connectivity index (χ1) is 7.04. The van der Waals surface area contributed by atoms with Gasteiger partial charge in [0.2, 0.25) is 0 Å². The molecule has 1 aromatic carbocycles. The molecule has 0 aliphatic rings. The van der Waals surface area contributed by atoms with Crippen molar-refractivity contribution in [1.82, 2.24) is 0 Å². The topological polar surface area (TPSA) is 52.3 Å². The highest BCUT2D eigenvalue weighted by molar-refractivity contribution is 6.30. The lowest BCUT2D eigenvalue weighted by atomic mass is 10.0. The largest absolute Gasteiger partial charge is 0.468 e. The van der Waals surface area contributed by atoms with Crippen molar-refractivity contribution >= 4 is 30.0 Å². The van der Waals surface area contributed by atoms with E-state index in [9.17, 15) is 4.79 Å². The summed E-state index contributed by atoms with van der Waals surface area (Å²) in [4.78, 5) is 11.1. The Balaban J connectivity index is 0.00000225. The van der Waals surface area contributed by atoms with Crippen molar-refractivity contribution in [1.29, 1.82) is 0 Å². The van der Waals surface area contributed by atoms with Crippen LogP contribution in [-0.4, -0.2) is 19.1 Å². The van der Waals surface area contributed by atoms with Gasteiger partial charge in [0.25, 0.3) is 0 Å². The number of methoxy groups -OCH3 is 1. The van der Waals surface area contributed by atoms with Crippen molar-refractivity contribution in [2.24, 2.45) is 5.73 Å². The third-order valence-corrected chi connectivity index (χ3v) is 2.48. The van der Waals surface area contributed by atoms with Gasteiger partial charge in [-0.2, -0.15) is 0 Å². The van der Waals surface area contributed by atoms with Gasteiger partial charge in [-0.3, -0.25) is 4.79 Å². The maximum Gasteiger partial charge on any atom is 0.322 e. The third kappa shape index (κ3) is 4.00. The molecule has 0 aliphatic heterocycles. The van der Waals surface area contributed by atoms with Crippen molar-refractivity contribution in [3.63, 3.8) is 0 Å². The molecule has 0 heterocycles. The quantitative estimate of drug-likeness (QED) is 0.851. The van der Waals surface area contributed by atoms with Crippen LogP contribution in [0.2, 0.25) is 5.02 Å². The fourth-order valence-electron chi connectivity index (χ4n) is 1.36. The predicted molar refractivity (Wildman–Crippen MR) is 67.1 cm³/mol. The number of carbonyl (C=O) groups is 1. The molecular weight excluding hydrogens is 249 g/mol. The zero-order chi connectivity index (χ0) is 11.4. The summed E-state index contributed by atoms with van der Waals surface area (Å²) in [6.07, 6.45) is 0.468. The Morgan fingerprint density at radius 2 is 2.19 bits per heavy atom. The molecule has 0 spiro atoms. The molecule has 90 valence electrons. The van der Waals surface area contributed by atoms with E-state index in [2.05, 4.69) is 4.74 Å². The first kappa shape index (κ1) is 15.2. The molecule has 0 fully saturated rings. The molecule has 2 N–H and O–H groups in total. The lowest BCUT2D eigenvalue weighted by molar-refractivity contribution is -0.142. The fourth-order valence-corrected chi connectivity index (χ4v) is 1.59. The highest BCUT2D eigenvalue weighted by Gasteiger charge is 2.15. The molecule has 0 amide bonds. The molecule has 0 saturated carbocycles. The van der Waals surface area contributed by atoms with Gasteiger partial charge < -0.3 is 10.5 Å². The second-order valence-corrected chi connectivity index (χ2v) is 3.84. The van der Waals surface area contributed by atoms with Crippen LogP contribution >= 0.6 is 24.0 Å². The van der Waals surface area contributed by atoms with Crippen LogP contribution < -0.4 is 5.73 Å². The minimum atomic E-state index is -0.616. The van der Waals surface area contributed by atoms with E-state index in [4.69, 9.17) is 17.3 Å². The highest BCUT2D eigenvalue weighted by atomic mass is 35.5. The van der Waals surface area contributed by atoms with Gasteiger partial charge in [0.05, 0.1) is 7.11 Å². The second-order valence-electron chi connectivity index (χ2n) is 3.40. The molecule has 1 aromatic rings. The summed E-state index contributed by atoms with van der Waals surface area (Å²) in [5.41, 5.74) is 7.70. The molecule has 0 saturated heterocycles. The normalized spacial score (nSPS) is 11.5. The number of nitrogens with two attached hydrogens (primary N) is 1. The number of rotatable bonds is 3. The monoisotopic (exact) mass is 263 g/mol. The first-order valence-corrected chi connectivity index (χ1v) is 5.01. The molecule has 0 bridgehead atoms. The molecule has 16 heavy (non-hydrogen) atoms. The summed E-state index contributed by atoms with van der Waals surface area (Å²) in [6.45, 7) is 1.94. The number of esters is 1. The Kier molecular flexibility index (Phi) is 6.41. The van der Waals surface area contributed by atoms with Gasteiger partial charge in [-0.25, -0.2) is 0 Å². The van der Waals surface area contributed by atoms with Crippen molar-refractivity contribution in [3.8, 4) is 0 Å². The molecule has 0 aromatic heterocycles. The zero-order valence-corrected chi connectivity index (χ0v) is 10.8. The van der Waals surface area contributed by atoms with Gasteiger partial charge in [-0.05, 0) is 36.6 Å². The summed E-state index contributed by atoms with van der Waals surface area (Å²) in [6, 6.07) is 4.89. The minimum Gasteiger partial charge on any atom is -0.468 e. The van der Waals surface area contributed by atoms with Gasteiger partial charge in [-0.15, -0.1) is 12.4 Å². The lowest BCUT2D eigenvalue weighted by Crippen LogP contribution is -2.33. The smallest absolute Gasteiger partial charge is 0.322 e. The van der Waals surface area contributed by atoms with Crippen molar-refractivity contribution in [2.75, 3.05) is 7.11 Å². The lowest BCUT2D eigenvalue weighted by Gasteiger charge is -2.11. The number of benzene rings is 1. The van der Waals surface area contributed by atoms with Crippen LogP contribution in [0.5, 0.6) is 0 Å². The van der Waals surface area contributed by atoms with Crippen molar-refractivity contribution < 1.29 is 9.53 Å². The standard InChI is InChI=1S/C11H14ClNO2.ClH/c1-7-5-9(12)4-3-8(7)6-10(13)11(14)15-2;/h3-5,10H,6,13H2,1-2H3;1H. The molecular formula is C11H15Cl2NO2. The summed E-state index contributed by atoms with van der Waals surface area (Å²) in [7, 11) is 1.33. The van der Waals surface area contributed by atoms with Gasteiger partial charge in [-0.1, -0.05) is 17.7 Å². The highest BCUT2D eigenvalue weighted by Crippen LogP contribution is 2.16. The summed E-state index contributed by atoms with van der Waals surface area (Å²) >= 11 is 5.82. The van der Waals surface area contributed by atoms with E-state index in [1.807, 2.05) is 19.1 Å². The Bertz CT molecular complexity index is 369. The average molecular weight is 264 g/mol. The van der Waals surface area contributed by atoms with E-state index in [1.165, 1.54) is 7.11 Å². The van der Waals surface area contributed by atoms with E-state index in [0.717, 1.165) is 11.1 Å². The van der Waals surface area contributed by atoms with Gasteiger partial charge in [0.1, 0.15) is 6.04 Å². The average Bonchev–Trinajstić information content (AvgIpc) is 2.20. The number of hydrogen-bond acceptors (Lipinski definition) is 3. The van der Waals surface area contributed by atoms with Crippen LogP contribution in [0, 0.1) is 6.92 Å². The van der Waals surface area contributed by atoms with Gasteiger partial charge in [0.15, 0.2) is 0 Å². The number of hydrogen-bond donors (Lipinski definition) is 1. The number of aryl methyl sites for hydroxylation is 1. The van der Waals surface area contributed by atoms with E-state index in [-0.39, 0.29) is 12.4 Å². The van der Waals surface area contributed by atoms with Crippen molar-refractivity contribution in [3.05, 3.63) is 34.3 Å². The zero-order valence-electron chi connectivity index (χ0n) is 9.20. The first-order valence-electron chi connectivity index (χ1n) is 4.63. The Morgan fingerprint density at radius 1 is 1.56 bits per heavy atom. The van der Waals surface area contributed by atoms with Crippen LogP contribution in [0.3, 0.4) is 0 Å². The van der Waals surface area contributed by atoms with Crippen LogP contribution in [-0.2, 0) is 16.0 Å². The summed E-state index contributed by atoms with van der Waals surface area (Å²) in [5.74, 6) is -0.399. The molecule has 3 nitrogen and oxygen atoms in total. The van der Waals surface area contributed by atoms with E-state index >= 15 is 0 Å². The summed E-state index contributed by atoms with van der Waals surface area (Å²) in [5, 5.41) is 0.683. The van der Waals surface area contributed by atoms with E-state index < -0.39 is 12.0 Å². The third-order valence-electron chi connectivity index (χ3n) is 2.25. The minimum absolute atomic E-state index is 0. The molecule has 0 aliphatic carbocycles. The maximum absolute atomic E-state index is 11.1. The van der Waals surface area contributed by atoms with Crippen molar-refractivity contribution in [2.45, 2.75) is 19.4 Å². The Labute approximate surface area is 106 Å². The molecule has 1 atom stereocenters.